The van der Waals surface area contributed by atoms with Crippen molar-refractivity contribution in [3.63, 3.8) is 0 Å². The minimum atomic E-state index is 0.0736. The van der Waals surface area contributed by atoms with Crippen molar-refractivity contribution in [1.82, 2.24) is 9.38 Å². The lowest BCUT2D eigenvalue weighted by molar-refractivity contribution is 0.282. The number of pyridine rings is 1. The molecule has 1 N–H and O–H groups in total. The smallest absolute Gasteiger partial charge is 0.142 e. The zero-order valence-electron chi connectivity index (χ0n) is 9.48. The molecule has 1 aliphatic carbocycles. The van der Waals surface area contributed by atoms with Crippen LogP contribution >= 0.6 is 0 Å². The van der Waals surface area contributed by atoms with E-state index in [0.717, 1.165) is 23.3 Å². The maximum Gasteiger partial charge on any atom is 0.142 e. The van der Waals surface area contributed by atoms with Crippen molar-refractivity contribution in [3.05, 3.63) is 35.3 Å². The number of hydrogen-bond acceptors (Lipinski definition) is 2. The molecule has 2 heterocycles. The number of aliphatic hydroxyl groups is 1. The van der Waals surface area contributed by atoms with Crippen molar-refractivity contribution >= 4 is 5.65 Å². The molecule has 3 nitrogen and oxygen atoms in total. The minimum Gasteiger partial charge on any atom is -0.392 e. The monoisotopic (exact) mass is 216 g/mol. The number of fused-ring (bicyclic) bond motifs is 1. The van der Waals surface area contributed by atoms with E-state index in [2.05, 4.69) is 34.8 Å². The van der Waals surface area contributed by atoms with Crippen LogP contribution in [0.2, 0.25) is 0 Å². The molecule has 0 saturated heterocycles. The maximum absolute atomic E-state index is 9.39. The lowest BCUT2D eigenvalue weighted by Gasteiger charge is -2.04. The van der Waals surface area contributed by atoms with Gasteiger partial charge in [-0.1, -0.05) is 6.92 Å². The summed E-state index contributed by atoms with van der Waals surface area (Å²) in [6, 6.07) is 2.11. The highest BCUT2D eigenvalue weighted by atomic mass is 16.3. The molecule has 84 valence electrons. The summed E-state index contributed by atoms with van der Waals surface area (Å²) in [7, 11) is 0. The molecule has 0 atom stereocenters. The van der Waals surface area contributed by atoms with Crippen molar-refractivity contribution in [1.29, 1.82) is 0 Å². The quantitative estimate of drug-likeness (QED) is 0.854. The Balaban J connectivity index is 2.19. The normalized spacial score (nSPS) is 15.9. The highest BCUT2D eigenvalue weighted by molar-refractivity contribution is 5.51. The Morgan fingerprint density at radius 1 is 1.44 bits per heavy atom. The molecule has 0 amide bonds. The topological polar surface area (TPSA) is 37.5 Å². The summed E-state index contributed by atoms with van der Waals surface area (Å²) in [6.07, 6.45) is 7.74. The second kappa shape index (κ2) is 3.59. The second-order valence-corrected chi connectivity index (χ2v) is 4.55. The third-order valence-electron chi connectivity index (χ3n) is 3.28. The third kappa shape index (κ3) is 1.52. The van der Waals surface area contributed by atoms with Gasteiger partial charge < -0.3 is 9.51 Å². The molecule has 2 aromatic heterocycles. The van der Waals surface area contributed by atoms with E-state index < -0.39 is 0 Å². The maximum atomic E-state index is 9.39. The van der Waals surface area contributed by atoms with Crippen LogP contribution in [-0.4, -0.2) is 14.5 Å². The molecule has 2 aromatic rings. The number of rotatable bonds is 3. The van der Waals surface area contributed by atoms with Crippen LogP contribution in [0, 0.1) is 0 Å². The van der Waals surface area contributed by atoms with Crippen molar-refractivity contribution in [2.24, 2.45) is 0 Å². The van der Waals surface area contributed by atoms with E-state index in [1.807, 2.05) is 0 Å². The van der Waals surface area contributed by atoms with Crippen LogP contribution in [0.1, 0.15) is 42.5 Å². The summed E-state index contributed by atoms with van der Waals surface area (Å²) in [6.45, 7) is 2.17. The Morgan fingerprint density at radius 3 is 2.88 bits per heavy atom. The van der Waals surface area contributed by atoms with Crippen molar-refractivity contribution in [2.45, 2.75) is 38.7 Å². The Labute approximate surface area is 94.7 Å². The SMILES string of the molecule is CCc1cn2cc(C3CC3)cc(CO)c2n1. The molecule has 3 rings (SSSR count). The molecule has 0 unspecified atom stereocenters. The molecule has 0 radical (unpaired) electrons. The van der Waals surface area contributed by atoms with Gasteiger partial charge in [0.05, 0.1) is 12.3 Å². The largest absolute Gasteiger partial charge is 0.392 e. The second-order valence-electron chi connectivity index (χ2n) is 4.55. The number of aryl methyl sites for hydroxylation is 1. The van der Waals surface area contributed by atoms with Gasteiger partial charge in [0.2, 0.25) is 0 Å². The predicted octanol–water partition coefficient (Wildman–Crippen LogP) is 2.27. The first-order valence-electron chi connectivity index (χ1n) is 5.93. The fourth-order valence-electron chi connectivity index (χ4n) is 2.17. The number of aromatic nitrogens is 2. The Bertz CT molecular complexity index is 526. The first-order chi connectivity index (χ1) is 7.81. The molecular formula is C13H16N2O. The van der Waals surface area contributed by atoms with Crippen LogP contribution < -0.4 is 0 Å². The Morgan fingerprint density at radius 2 is 2.25 bits per heavy atom. The van der Waals surface area contributed by atoms with Crippen molar-refractivity contribution < 1.29 is 5.11 Å². The lowest BCUT2D eigenvalue weighted by atomic mass is 10.1. The van der Waals surface area contributed by atoms with Gasteiger partial charge in [-0.2, -0.15) is 0 Å². The van der Waals surface area contributed by atoms with Crippen LogP contribution in [0.5, 0.6) is 0 Å². The minimum absolute atomic E-state index is 0.0736. The van der Waals surface area contributed by atoms with E-state index >= 15 is 0 Å². The summed E-state index contributed by atoms with van der Waals surface area (Å²) in [5, 5.41) is 9.39. The molecule has 1 fully saturated rings. The average molecular weight is 216 g/mol. The van der Waals surface area contributed by atoms with E-state index in [0.29, 0.717) is 5.92 Å². The summed E-state index contributed by atoms with van der Waals surface area (Å²) in [4.78, 5) is 4.53. The highest BCUT2D eigenvalue weighted by Gasteiger charge is 2.24. The highest BCUT2D eigenvalue weighted by Crippen LogP contribution is 2.40. The first kappa shape index (κ1) is 9.85. The number of aliphatic hydroxyl groups excluding tert-OH is 1. The fraction of sp³-hybridized carbons (Fsp3) is 0.462. The molecule has 0 aromatic carbocycles. The fourth-order valence-corrected chi connectivity index (χ4v) is 2.17. The van der Waals surface area contributed by atoms with Gasteiger partial charge >= 0.3 is 0 Å². The van der Waals surface area contributed by atoms with E-state index in [4.69, 9.17) is 0 Å². The zero-order chi connectivity index (χ0) is 11.1. The van der Waals surface area contributed by atoms with E-state index in [1.54, 1.807) is 0 Å². The first-order valence-corrected chi connectivity index (χ1v) is 5.93. The third-order valence-corrected chi connectivity index (χ3v) is 3.28. The molecule has 3 heteroatoms. The van der Waals surface area contributed by atoms with E-state index in [9.17, 15) is 5.11 Å². The van der Waals surface area contributed by atoms with Gasteiger partial charge in [-0.25, -0.2) is 4.98 Å². The van der Waals surface area contributed by atoms with Crippen LogP contribution in [0.25, 0.3) is 5.65 Å². The Hall–Kier alpha value is -1.35. The molecule has 1 saturated carbocycles. The van der Waals surface area contributed by atoms with Crippen LogP contribution in [0.3, 0.4) is 0 Å². The summed E-state index contributed by atoms with van der Waals surface area (Å²) < 4.78 is 2.07. The van der Waals surface area contributed by atoms with Crippen LogP contribution in [0.15, 0.2) is 18.5 Å². The number of imidazole rings is 1. The molecule has 0 aliphatic heterocycles. The molecule has 0 bridgehead atoms. The van der Waals surface area contributed by atoms with Gasteiger partial charge in [-0.05, 0) is 36.8 Å². The predicted molar refractivity (Wildman–Crippen MR) is 62.5 cm³/mol. The molecular weight excluding hydrogens is 200 g/mol. The zero-order valence-corrected chi connectivity index (χ0v) is 9.48. The van der Waals surface area contributed by atoms with Crippen molar-refractivity contribution in [2.75, 3.05) is 0 Å². The standard InChI is InChI=1S/C13H16N2O/c1-2-12-7-15-6-10(9-3-4-9)5-11(8-16)13(15)14-12/h5-7,9,16H,2-4,8H2,1H3. The average Bonchev–Trinajstić information content (AvgIpc) is 3.07. The van der Waals surface area contributed by atoms with Gasteiger partial charge in [0.25, 0.3) is 0 Å². The van der Waals surface area contributed by atoms with Gasteiger partial charge in [0, 0.05) is 18.0 Å². The van der Waals surface area contributed by atoms with Crippen LogP contribution in [-0.2, 0) is 13.0 Å². The van der Waals surface area contributed by atoms with Gasteiger partial charge in [0.1, 0.15) is 5.65 Å². The van der Waals surface area contributed by atoms with Crippen molar-refractivity contribution in [3.8, 4) is 0 Å². The van der Waals surface area contributed by atoms with Gasteiger partial charge in [-0.15, -0.1) is 0 Å². The lowest BCUT2D eigenvalue weighted by Crippen LogP contribution is -1.95. The molecule has 0 spiro atoms. The number of nitrogens with zero attached hydrogens (tertiary/aromatic N) is 2. The van der Waals surface area contributed by atoms with Crippen LogP contribution in [0.4, 0.5) is 0 Å². The summed E-state index contributed by atoms with van der Waals surface area (Å²) >= 11 is 0. The summed E-state index contributed by atoms with van der Waals surface area (Å²) in [5.41, 5.74) is 4.28. The van der Waals surface area contributed by atoms with Gasteiger partial charge in [0.15, 0.2) is 0 Å². The van der Waals surface area contributed by atoms with Gasteiger partial charge in [-0.3, -0.25) is 0 Å². The van der Waals surface area contributed by atoms with E-state index in [-0.39, 0.29) is 6.61 Å². The van der Waals surface area contributed by atoms with E-state index in [1.165, 1.54) is 18.4 Å². The molecule has 1 aliphatic rings. The number of hydrogen-bond donors (Lipinski definition) is 1. The molecule has 16 heavy (non-hydrogen) atoms. The summed E-state index contributed by atoms with van der Waals surface area (Å²) in [5.74, 6) is 0.710. The Kier molecular flexibility index (Phi) is 2.21.